The van der Waals surface area contributed by atoms with Crippen molar-refractivity contribution >= 4 is 16.9 Å². The maximum absolute atomic E-state index is 12.8. The van der Waals surface area contributed by atoms with Crippen LogP contribution < -0.4 is 16.4 Å². The zero-order chi connectivity index (χ0) is 21.1. The molecule has 0 atom stereocenters. The molecule has 152 valence electrons. The average molecular weight is 404 g/mol. The fourth-order valence-corrected chi connectivity index (χ4v) is 3.22. The van der Waals surface area contributed by atoms with E-state index in [0.717, 1.165) is 11.1 Å². The second-order valence-electron chi connectivity index (χ2n) is 6.88. The highest BCUT2D eigenvalue weighted by Crippen LogP contribution is 2.10. The minimum atomic E-state index is -0.471. The molecule has 1 aromatic carbocycles. The molecule has 0 saturated heterocycles. The smallest absolute Gasteiger partial charge is 0.264 e. The second-order valence-corrected chi connectivity index (χ2v) is 6.88. The first-order valence-electron chi connectivity index (χ1n) is 9.46. The zero-order valence-corrected chi connectivity index (χ0v) is 16.3. The second kappa shape index (κ2) is 8.16. The summed E-state index contributed by atoms with van der Waals surface area (Å²) < 4.78 is 3.12. The van der Waals surface area contributed by atoms with Crippen LogP contribution in [-0.2, 0) is 13.1 Å². The fourth-order valence-electron chi connectivity index (χ4n) is 3.22. The van der Waals surface area contributed by atoms with E-state index in [1.165, 1.54) is 24.8 Å². The van der Waals surface area contributed by atoms with Gasteiger partial charge in [0.2, 0.25) is 0 Å². The number of aryl methyl sites for hydroxylation is 1. The quantitative estimate of drug-likeness (QED) is 0.499. The third-order valence-corrected chi connectivity index (χ3v) is 4.90. The maximum Gasteiger partial charge on any atom is 0.264 e. The summed E-state index contributed by atoms with van der Waals surface area (Å²) in [4.78, 5) is 43.5. The Morgan fingerprint density at radius 2 is 2.00 bits per heavy atom. The Morgan fingerprint density at radius 1 is 1.17 bits per heavy atom. The van der Waals surface area contributed by atoms with Crippen molar-refractivity contribution in [3.63, 3.8) is 0 Å². The Bertz CT molecular complexity index is 1330. The van der Waals surface area contributed by atoms with E-state index in [4.69, 9.17) is 0 Å². The molecule has 0 radical (unpaired) electrons. The molecular formula is C21H20N6O3. The van der Waals surface area contributed by atoms with Crippen molar-refractivity contribution < 1.29 is 4.79 Å². The number of nitrogens with zero attached hydrogens (tertiary/aromatic N) is 4. The minimum Gasteiger partial charge on any atom is -0.350 e. The number of amides is 1. The Labute approximate surface area is 171 Å². The molecule has 3 heterocycles. The van der Waals surface area contributed by atoms with Crippen LogP contribution in [0.2, 0.25) is 0 Å². The van der Waals surface area contributed by atoms with Gasteiger partial charge in [-0.3, -0.25) is 19.0 Å². The van der Waals surface area contributed by atoms with Crippen molar-refractivity contribution in [2.75, 3.05) is 6.54 Å². The van der Waals surface area contributed by atoms with E-state index in [2.05, 4.69) is 20.4 Å². The molecule has 2 N–H and O–H groups in total. The lowest BCUT2D eigenvalue weighted by atomic mass is 10.1. The molecule has 30 heavy (non-hydrogen) atoms. The third kappa shape index (κ3) is 3.77. The molecule has 3 aromatic heterocycles. The summed E-state index contributed by atoms with van der Waals surface area (Å²) in [5, 5.41) is 7.32. The Balaban J connectivity index is 1.49. The molecule has 9 heteroatoms. The summed E-state index contributed by atoms with van der Waals surface area (Å²) in [6.07, 6.45) is 4.46. The van der Waals surface area contributed by atoms with Gasteiger partial charge < -0.3 is 10.3 Å². The zero-order valence-electron chi connectivity index (χ0n) is 16.3. The third-order valence-electron chi connectivity index (χ3n) is 4.90. The first kappa shape index (κ1) is 19.3. The highest BCUT2D eigenvalue weighted by Gasteiger charge is 2.12. The van der Waals surface area contributed by atoms with E-state index in [9.17, 15) is 14.4 Å². The molecule has 0 fully saturated rings. The molecule has 0 bridgehead atoms. The van der Waals surface area contributed by atoms with Crippen LogP contribution in [-0.4, -0.2) is 36.8 Å². The number of hydrogen-bond acceptors (Lipinski definition) is 5. The first-order chi connectivity index (χ1) is 14.5. The minimum absolute atomic E-state index is 0.0417. The van der Waals surface area contributed by atoms with Crippen molar-refractivity contribution in [1.29, 1.82) is 0 Å². The normalized spacial score (nSPS) is 11.0. The molecule has 4 aromatic rings. The number of rotatable bonds is 6. The van der Waals surface area contributed by atoms with Gasteiger partial charge in [-0.1, -0.05) is 24.3 Å². The van der Waals surface area contributed by atoms with Crippen LogP contribution in [0.5, 0.6) is 0 Å². The van der Waals surface area contributed by atoms with Gasteiger partial charge in [0.05, 0.1) is 19.3 Å². The topological polar surface area (TPSA) is 115 Å². The lowest BCUT2D eigenvalue weighted by Gasteiger charge is -2.09. The number of carbonyl (C=O) groups excluding carboxylic acids is 1. The van der Waals surface area contributed by atoms with E-state index in [-0.39, 0.29) is 17.7 Å². The fraction of sp³-hybridized carbons (Fsp3) is 0.190. The predicted molar refractivity (Wildman–Crippen MR) is 111 cm³/mol. The van der Waals surface area contributed by atoms with Gasteiger partial charge in [-0.05, 0) is 30.2 Å². The van der Waals surface area contributed by atoms with Gasteiger partial charge in [-0.25, -0.2) is 9.67 Å². The summed E-state index contributed by atoms with van der Waals surface area (Å²) >= 11 is 0. The van der Waals surface area contributed by atoms with Crippen molar-refractivity contribution in [1.82, 2.24) is 29.6 Å². The molecule has 0 aliphatic rings. The van der Waals surface area contributed by atoms with Gasteiger partial charge in [0.25, 0.3) is 17.0 Å². The van der Waals surface area contributed by atoms with E-state index < -0.39 is 11.5 Å². The number of hydrogen-bond donors (Lipinski definition) is 2. The maximum atomic E-state index is 12.8. The van der Waals surface area contributed by atoms with Crippen molar-refractivity contribution in [3.8, 4) is 0 Å². The summed E-state index contributed by atoms with van der Waals surface area (Å²) in [6, 6.07) is 10.9. The number of fused-ring (bicyclic) bond motifs is 1. The highest BCUT2D eigenvalue weighted by atomic mass is 16.2. The molecule has 1 amide bonds. The van der Waals surface area contributed by atoms with Gasteiger partial charge in [-0.15, -0.1) is 0 Å². The first-order valence-corrected chi connectivity index (χ1v) is 9.46. The van der Waals surface area contributed by atoms with E-state index >= 15 is 0 Å². The van der Waals surface area contributed by atoms with Crippen LogP contribution in [0.15, 0.2) is 64.7 Å². The Morgan fingerprint density at radius 3 is 2.80 bits per heavy atom. The number of aromatic amines is 1. The van der Waals surface area contributed by atoms with Crippen LogP contribution >= 0.6 is 0 Å². The van der Waals surface area contributed by atoms with Crippen molar-refractivity contribution in [3.05, 3.63) is 92.5 Å². The number of aromatic nitrogens is 5. The summed E-state index contributed by atoms with van der Waals surface area (Å²) in [6.45, 7) is 2.98. The van der Waals surface area contributed by atoms with E-state index in [0.29, 0.717) is 24.1 Å². The van der Waals surface area contributed by atoms with Gasteiger partial charge >= 0.3 is 0 Å². The van der Waals surface area contributed by atoms with Gasteiger partial charge in [-0.2, -0.15) is 5.10 Å². The van der Waals surface area contributed by atoms with Gasteiger partial charge in [0.15, 0.2) is 5.65 Å². The van der Waals surface area contributed by atoms with Crippen LogP contribution in [0.1, 0.15) is 21.5 Å². The molecule has 0 spiro atoms. The molecule has 0 saturated carbocycles. The average Bonchev–Trinajstić information content (AvgIpc) is 3.15. The Kier molecular flexibility index (Phi) is 5.25. The van der Waals surface area contributed by atoms with E-state index in [1.54, 1.807) is 15.3 Å². The lowest BCUT2D eigenvalue weighted by molar-refractivity contribution is 0.0950. The van der Waals surface area contributed by atoms with Crippen molar-refractivity contribution in [2.45, 2.75) is 20.0 Å². The van der Waals surface area contributed by atoms with Crippen LogP contribution in [0.25, 0.3) is 11.0 Å². The number of nitrogens with one attached hydrogen (secondary N) is 2. The number of carbonyl (C=O) groups is 1. The standard InChI is InChI=1S/C21H20N6O3/c1-14-5-2-3-6-15(14)12-26-13-24-18-17(21(26)30)11-25-27(18)10-9-23-20(29)16-7-4-8-22-19(16)28/h2-8,11,13H,9-10,12H2,1H3,(H,22,28)(H,23,29). The summed E-state index contributed by atoms with van der Waals surface area (Å²) in [7, 11) is 0. The molecule has 0 aliphatic carbocycles. The molecule has 4 rings (SSSR count). The molecule has 9 nitrogen and oxygen atoms in total. The molecule has 0 unspecified atom stereocenters. The predicted octanol–water partition coefficient (Wildman–Crippen LogP) is 1.07. The largest absolute Gasteiger partial charge is 0.350 e. The highest BCUT2D eigenvalue weighted by molar-refractivity contribution is 5.93. The van der Waals surface area contributed by atoms with Crippen molar-refractivity contribution in [2.24, 2.45) is 0 Å². The van der Waals surface area contributed by atoms with Crippen LogP contribution in [0, 0.1) is 6.92 Å². The van der Waals surface area contributed by atoms with Gasteiger partial charge in [0, 0.05) is 12.7 Å². The van der Waals surface area contributed by atoms with Crippen LogP contribution in [0.3, 0.4) is 0 Å². The lowest BCUT2D eigenvalue weighted by Crippen LogP contribution is -2.31. The molecular weight excluding hydrogens is 384 g/mol. The van der Waals surface area contributed by atoms with Gasteiger partial charge in [0.1, 0.15) is 17.3 Å². The molecule has 0 aliphatic heterocycles. The monoisotopic (exact) mass is 404 g/mol. The van der Waals surface area contributed by atoms with Crippen LogP contribution in [0.4, 0.5) is 0 Å². The number of benzene rings is 1. The van der Waals surface area contributed by atoms with E-state index in [1.807, 2.05) is 31.2 Å². The number of pyridine rings is 1. The SMILES string of the molecule is Cc1ccccc1Cn1cnc2c(cnn2CCNC(=O)c2ccc[nH]c2=O)c1=O. The summed E-state index contributed by atoms with van der Waals surface area (Å²) in [5.41, 5.74) is 2.03. The number of H-pyrrole nitrogens is 1. The summed E-state index contributed by atoms with van der Waals surface area (Å²) in [5.74, 6) is -0.471. The Hall–Kier alpha value is -4.01.